The molecular weight excluding hydrogens is 210 g/mol. The molecule has 1 aromatic rings. The van der Waals surface area contributed by atoms with Gasteiger partial charge in [0.2, 0.25) is 0 Å². The molecular formula is C14H19N3. The Morgan fingerprint density at radius 1 is 1.24 bits per heavy atom. The summed E-state index contributed by atoms with van der Waals surface area (Å²) < 4.78 is 0. The van der Waals surface area contributed by atoms with Crippen LogP contribution in [0.5, 0.6) is 0 Å². The summed E-state index contributed by atoms with van der Waals surface area (Å²) in [6.07, 6.45) is 0. The first-order chi connectivity index (χ1) is 8.20. The van der Waals surface area contributed by atoms with Crippen LogP contribution in [0.15, 0.2) is 12.1 Å². The molecule has 0 amide bonds. The Balaban J connectivity index is 2.17. The maximum Gasteiger partial charge on any atom is 0.0994 e. The molecule has 1 aromatic carbocycles. The molecule has 1 heterocycles. The fraction of sp³-hybridized carbons (Fsp3) is 0.500. The summed E-state index contributed by atoms with van der Waals surface area (Å²) in [5.74, 6) is 0. The van der Waals surface area contributed by atoms with Crippen molar-refractivity contribution in [3.8, 4) is 6.07 Å². The first-order valence-corrected chi connectivity index (χ1v) is 6.14. The van der Waals surface area contributed by atoms with Crippen molar-refractivity contribution in [3.05, 3.63) is 34.4 Å². The molecule has 0 aromatic heterocycles. The number of benzene rings is 1. The fourth-order valence-electron chi connectivity index (χ4n) is 2.30. The van der Waals surface area contributed by atoms with Crippen LogP contribution in [0, 0.1) is 25.2 Å². The van der Waals surface area contributed by atoms with E-state index < -0.39 is 0 Å². The predicted octanol–water partition coefficient (Wildman–Crippen LogP) is 1.58. The molecule has 1 fully saturated rings. The van der Waals surface area contributed by atoms with Crippen LogP contribution >= 0.6 is 0 Å². The quantitative estimate of drug-likeness (QED) is 0.837. The van der Waals surface area contributed by atoms with Gasteiger partial charge in [0.25, 0.3) is 0 Å². The van der Waals surface area contributed by atoms with E-state index in [4.69, 9.17) is 5.26 Å². The third kappa shape index (κ3) is 2.85. The standard InChI is InChI=1S/C14H19N3/c1-11-7-12(2)14(8-13(11)9-15)10-17-5-3-16-4-6-17/h7-8,16H,3-6,10H2,1-2H3. The van der Waals surface area contributed by atoms with Crippen molar-refractivity contribution >= 4 is 0 Å². The van der Waals surface area contributed by atoms with E-state index in [0.29, 0.717) is 0 Å². The molecule has 0 spiro atoms. The van der Waals surface area contributed by atoms with Crippen LogP contribution in [0.2, 0.25) is 0 Å². The molecule has 0 radical (unpaired) electrons. The van der Waals surface area contributed by atoms with Crippen molar-refractivity contribution in [2.75, 3.05) is 26.2 Å². The van der Waals surface area contributed by atoms with E-state index in [-0.39, 0.29) is 0 Å². The van der Waals surface area contributed by atoms with Gasteiger partial charge in [0.1, 0.15) is 0 Å². The lowest BCUT2D eigenvalue weighted by molar-refractivity contribution is 0.233. The molecule has 0 saturated carbocycles. The number of nitrogens with one attached hydrogen (secondary N) is 1. The Labute approximate surface area is 103 Å². The average Bonchev–Trinajstić information content (AvgIpc) is 2.34. The first kappa shape index (κ1) is 12.1. The van der Waals surface area contributed by atoms with Gasteiger partial charge in [-0.15, -0.1) is 0 Å². The topological polar surface area (TPSA) is 39.1 Å². The van der Waals surface area contributed by atoms with E-state index in [9.17, 15) is 0 Å². The minimum Gasteiger partial charge on any atom is -0.314 e. The van der Waals surface area contributed by atoms with Crippen LogP contribution in [-0.4, -0.2) is 31.1 Å². The molecule has 2 rings (SSSR count). The molecule has 17 heavy (non-hydrogen) atoms. The van der Waals surface area contributed by atoms with Crippen molar-refractivity contribution < 1.29 is 0 Å². The number of nitrogens with zero attached hydrogens (tertiary/aromatic N) is 2. The van der Waals surface area contributed by atoms with Gasteiger partial charge < -0.3 is 5.32 Å². The lowest BCUT2D eigenvalue weighted by Gasteiger charge is -2.27. The molecule has 1 aliphatic heterocycles. The summed E-state index contributed by atoms with van der Waals surface area (Å²) in [6, 6.07) is 6.44. The number of aryl methyl sites for hydroxylation is 2. The van der Waals surface area contributed by atoms with Crippen molar-refractivity contribution in [2.24, 2.45) is 0 Å². The Morgan fingerprint density at radius 2 is 1.94 bits per heavy atom. The number of hydrogen-bond donors (Lipinski definition) is 1. The Hall–Kier alpha value is -1.37. The molecule has 0 aliphatic carbocycles. The van der Waals surface area contributed by atoms with E-state index in [1.165, 1.54) is 11.1 Å². The zero-order valence-corrected chi connectivity index (χ0v) is 10.6. The van der Waals surface area contributed by atoms with E-state index in [0.717, 1.165) is 43.9 Å². The molecule has 3 nitrogen and oxygen atoms in total. The van der Waals surface area contributed by atoms with Gasteiger partial charge in [-0.25, -0.2) is 0 Å². The fourth-order valence-corrected chi connectivity index (χ4v) is 2.30. The van der Waals surface area contributed by atoms with Crippen LogP contribution in [0.1, 0.15) is 22.3 Å². The Kier molecular flexibility index (Phi) is 3.78. The van der Waals surface area contributed by atoms with Crippen LogP contribution in [0.4, 0.5) is 0 Å². The first-order valence-electron chi connectivity index (χ1n) is 6.14. The van der Waals surface area contributed by atoms with E-state index in [2.05, 4.69) is 29.3 Å². The summed E-state index contributed by atoms with van der Waals surface area (Å²) in [5.41, 5.74) is 4.46. The predicted molar refractivity (Wildman–Crippen MR) is 68.8 cm³/mol. The molecule has 1 N–H and O–H groups in total. The molecule has 1 aliphatic rings. The van der Waals surface area contributed by atoms with Gasteiger partial charge >= 0.3 is 0 Å². The highest BCUT2D eigenvalue weighted by Crippen LogP contribution is 2.17. The lowest BCUT2D eigenvalue weighted by atomic mass is 10.00. The summed E-state index contributed by atoms with van der Waals surface area (Å²) >= 11 is 0. The molecule has 0 bridgehead atoms. The zero-order chi connectivity index (χ0) is 12.3. The van der Waals surface area contributed by atoms with Crippen LogP contribution in [-0.2, 0) is 6.54 Å². The van der Waals surface area contributed by atoms with E-state index in [1.807, 2.05) is 13.0 Å². The minimum atomic E-state index is 0.806. The highest BCUT2D eigenvalue weighted by molar-refractivity contribution is 5.43. The minimum absolute atomic E-state index is 0.806. The van der Waals surface area contributed by atoms with Crippen molar-refractivity contribution in [3.63, 3.8) is 0 Å². The molecule has 90 valence electrons. The Morgan fingerprint density at radius 3 is 2.59 bits per heavy atom. The van der Waals surface area contributed by atoms with Gasteiger partial charge in [0.15, 0.2) is 0 Å². The second-order valence-electron chi connectivity index (χ2n) is 4.73. The average molecular weight is 229 g/mol. The molecule has 1 saturated heterocycles. The third-order valence-corrected chi connectivity index (χ3v) is 3.41. The van der Waals surface area contributed by atoms with Crippen molar-refractivity contribution in [2.45, 2.75) is 20.4 Å². The maximum atomic E-state index is 9.07. The van der Waals surface area contributed by atoms with Gasteiger partial charge in [-0.2, -0.15) is 5.26 Å². The number of piperazine rings is 1. The maximum absolute atomic E-state index is 9.07. The van der Waals surface area contributed by atoms with Gasteiger partial charge in [-0.3, -0.25) is 4.90 Å². The normalized spacial score (nSPS) is 16.8. The second kappa shape index (κ2) is 5.31. The smallest absolute Gasteiger partial charge is 0.0994 e. The van der Waals surface area contributed by atoms with Crippen LogP contribution in [0.25, 0.3) is 0 Å². The SMILES string of the molecule is Cc1cc(C)c(CN2CCNCC2)cc1C#N. The lowest BCUT2D eigenvalue weighted by Crippen LogP contribution is -2.43. The monoisotopic (exact) mass is 229 g/mol. The van der Waals surface area contributed by atoms with Gasteiger partial charge in [0.05, 0.1) is 11.6 Å². The van der Waals surface area contributed by atoms with Crippen LogP contribution in [0.3, 0.4) is 0 Å². The molecule has 3 heteroatoms. The summed E-state index contributed by atoms with van der Waals surface area (Å²) in [4.78, 5) is 2.44. The molecule has 0 unspecified atom stereocenters. The number of hydrogen-bond acceptors (Lipinski definition) is 3. The summed E-state index contributed by atoms with van der Waals surface area (Å²) in [6.45, 7) is 9.41. The van der Waals surface area contributed by atoms with Gasteiger partial charge in [0, 0.05) is 32.7 Å². The highest BCUT2D eigenvalue weighted by Gasteiger charge is 2.12. The van der Waals surface area contributed by atoms with Crippen molar-refractivity contribution in [1.82, 2.24) is 10.2 Å². The summed E-state index contributed by atoms with van der Waals surface area (Å²) in [7, 11) is 0. The number of nitriles is 1. The highest BCUT2D eigenvalue weighted by atomic mass is 15.2. The van der Waals surface area contributed by atoms with Gasteiger partial charge in [-0.1, -0.05) is 6.07 Å². The third-order valence-electron chi connectivity index (χ3n) is 3.41. The Bertz CT molecular complexity index is 440. The van der Waals surface area contributed by atoms with Crippen LogP contribution < -0.4 is 5.32 Å². The van der Waals surface area contributed by atoms with Crippen molar-refractivity contribution in [1.29, 1.82) is 5.26 Å². The summed E-state index contributed by atoms with van der Waals surface area (Å²) in [5, 5.41) is 12.4. The zero-order valence-electron chi connectivity index (χ0n) is 10.6. The number of rotatable bonds is 2. The second-order valence-corrected chi connectivity index (χ2v) is 4.73. The van der Waals surface area contributed by atoms with E-state index >= 15 is 0 Å². The van der Waals surface area contributed by atoms with E-state index in [1.54, 1.807) is 0 Å². The molecule has 0 atom stereocenters. The van der Waals surface area contributed by atoms with Gasteiger partial charge in [-0.05, 0) is 36.6 Å². The largest absolute Gasteiger partial charge is 0.314 e.